The first-order chi connectivity index (χ1) is 6.76. The molecule has 0 saturated carbocycles. The van der Waals surface area contributed by atoms with E-state index in [0.29, 0.717) is 6.61 Å². The highest BCUT2D eigenvalue weighted by Gasteiger charge is 2.17. The molecule has 0 aromatic rings. The lowest BCUT2D eigenvalue weighted by Crippen LogP contribution is -2.32. The largest absolute Gasteiger partial charge is 0.394 e. The molecule has 0 spiro atoms. The molecule has 0 aliphatic heterocycles. The normalized spacial score (nSPS) is 15.4. The molecule has 0 amide bonds. The van der Waals surface area contributed by atoms with Crippen LogP contribution >= 0.6 is 0 Å². The van der Waals surface area contributed by atoms with E-state index in [2.05, 4.69) is 13.8 Å². The predicted octanol–water partition coefficient (Wildman–Crippen LogP) is 1.72. The van der Waals surface area contributed by atoms with Crippen LogP contribution in [0, 0.1) is 0 Å². The van der Waals surface area contributed by atoms with Crippen molar-refractivity contribution in [2.45, 2.75) is 58.2 Å². The fourth-order valence-electron chi connectivity index (χ4n) is 1.29. The molecule has 3 nitrogen and oxygen atoms in total. The Morgan fingerprint density at radius 2 is 1.79 bits per heavy atom. The van der Waals surface area contributed by atoms with E-state index in [1.807, 2.05) is 0 Å². The van der Waals surface area contributed by atoms with Crippen molar-refractivity contribution in [1.82, 2.24) is 0 Å². The Labute approximate surface area is 87.1 Å². The topological polar surface area (TPSA) is 49.7 Å². The lowest BCUT2D eigenvalue weighted by Gasteiger charge is -2.21. The molecular formula is C11H24O3. The van der Waals surface area contributed by atoms with E-state index in [4.69, 9.17) is 9.84 Å². The first kappa shape index (κ1) is 13.9. The summed E-state index contributed by atoms with van der Waals surface area (Å²) in [5, 5.41) is 18.3. The molecule has 0 fully saturated rings. The van der Waals surface area contributed by atoms with Crippen LogP contribution in [0.1, 0.15) is 46.0 Å². The fourth-order valence-corrected chi connectivity index (χ4v) is 1.29. The minimum atomic E-state index is -0.724. The van der Waals surface area contributed by atoms with Gasteiger partial charge in [0.1, 0.15) is 6.10 Å². The van der Waals surface area contributed by atoms with E-state index >= 15 is 0 Å². The van der Waals surface area contributed by atoms with Gasteiger partial charge in [-0.2, -0.15) is 0 Å². The van der Waals surface area contributed by atoms with Gasteiger partial charge in [-0.15, -0.1) is 0 Å². The quantitative estimate of drug-likeness (QED) is 0.562. The summed E-state index contributed by atoms with van der Waals surface area (Å²) in [6, 6.07) is 0. The Kier molecular flexibility index (Phi) is 9.35. The van der Waals surface area contributed by atoms with Crippen molar-refractivity contribution in [3.63, 3.8) is 0 Å². The molecule has 86 valence electrons. The Bertz CT molecular complexity index is 117. The molecule has 2 N–H and O–H groups in total. The van der Waals surface area contributed by atoms with Gasteiger partial charge in [0.2, 0.25) is 0 Å². The first-order valence-electron chi connectivity index (χ1n) is 5.66. The van der Waals surface area contributed by atoms with Crippen LogP contribution in [0.25, 0.3) is 0 Å². The van der Waals surface area contributed by atoms with E-state index in [1.54, 1.807) is 0 Å². The number of aliphatic hydroxyl groups excluding tert-OH is 2. The van der Waals surface area contributed by atoms with Gasteiger partial charge < -0.3 is 14.9 Å². The number of aliphatic hydroxyl groups is 2. The number of hydrogen-bond acceptors (Lipinski definition) is 3. The summed E-state index contributed by atoms with van der Waals surface area (Å²) >= 11 is 0. The molecule has 0 aliphatic rings. The van der Waals surface area contributed by atoms with Crippen molar-refractivity contribution in [2.75, 3.05) is 13.2 Å². The second-order valence-electron chi connectivity index (χ2n) is 3.65. The molecule has 2 unspecified atom stereocenters. The summed E-state index contributed by atoms with van der Waals surface area (Å²) in [6.07, 6.45) is 4.16. The van der Waals surface area contributed by atoms with Crippen molar-refractivity contribution >= 4 is 0 Å². The molecule has 0 radical (unpaired) electrons. The van der Waals surface area contributed by atoms with E-state index in [0.717, 1.165) is 32.1 Å². The minimum Gasteiger partial charge on any atom is -0.394 e. The maximum Gasteiger partial charge on any atom is 0.103 e. The minimum absolute atomic E-state index is 0.188. The molecule has 0 aromatic heterocycles. The Morgan fingerprint density at radius 1 is 1.14 bits per heavy atom. The maximum absolute atomic E-state index is 9.47. The molecule has 0 heterocycles. The second kappa shape index (κ2) is 9.44. The molecule has 0 saturated heterocycles. The maximum atomic E-state index is 9.47. The number of hydrogen-bond donors (Lipinski definition) is 2. The van der Waals surface area contributed by atoms with Crippen LogP contribution in [0.4, 0.5) is 0 Å². The van der Waals surface area contributed by atoms with Gasteiger partial charge in [-0.05, 0) is 12.8 Å². The lowest BCUT2D eigenvalue weighted by molar-refractivity contribution is -0.0625. The third-order valence-corrected chi connectivity index (χ3v) is 2.29. The Morgan fingerprint density at radius 3 is 2.29 bits per heavy atom. The summed E-state index contributed by atoms with van der Waals surface area (Å²) in [6.45, 7) is 4.68. The molecule has 0 rings (SSSR count). The number of ether oxygens (including phenoxy) is 1. The average molecular weight is 204 g/mol. The van der Waals surface area contributed by atoms with Gasteiger partial charge in [-0.3, -0.25) is 0 Å². The van der Waals surface area contributed by atoms with E-state index < -0.39 is 6.10 Å². The zero-order valence-electron chi connectivity index (χ0n) is 9.41. The van der Waals surface area contributed by atoms with Crippen LogP contribution in [0.5, 0.6) is 0 Å². The van der Waals surface area contributed by atoms with Gasteiger partial charge in [0.25, 0.3) is 0 Å². The SMILES string of the molecule is CCCCOC(CCCC)C(O)CO. The highest BCUT2D eigenvalue weighted by molar-refractivity contribution is 4.68. The summed E-state index contributed by atoms with van der Waals surface area (Å²) in [4.78, 5) is 0. The number of unbranched alkanes of at least 4 members (excludes halogenated alkanes) is 2. The predicted molar refractivity (Wildman–Crippen MR) is 57.3 cm³/mol. The molecule has 0 aromatic carbocycles. The van der Waals surface area contributed by atoms with Crippen LogP contribution in [0.15, 0.2) is 0 Å². The van der Waals surface area contributed by atoms with Crippen LogP contribution in [0.3, 0.4) is 0 Å². The molecule has 3 heteroatoms. The third kappa shape index (κ3) is 6.35. The summed E-state index contributed by atoms with van der Waals surface area (Å²) < 4.78 is 5.53. The van der Waals surface area contributed by atoms with E-state index in [9.17, 15) is 5.11 Å². The fraction of sp³-hybridized carbons (Fsp3) is 1.00. The van der Waals surface area contributed by atoms with E-state index in [-0.39, 0.29) is 12.7 Å². The highest BCUT2D eigenvalue weighted by Crippen LogP contribution is 2.10. The van der Waals surface area contributed by atoms with Gasteiger partial charge in [-0.25, -0.2) is 0 Å². The van der Waals surface area contributed by atoms with Crippen molar-refractivity contribution in [1.29, 1.82) is 0 Å². The third-order valence-electron chi connectivity index (χ3n) is 2.29. The Balaban J connectivity index is 3.72. The second-order valence-corrected chi connectivity index (χ2v) is 3.65. The summed E-state index contributed by atoms with van der Waals surface area (Å²) in [5.74, 6) is 0. The van der Waals surface area contributed by atoms with Gasteiger partial charge in [0.15, 0.2) is 0 Å². The zero-order chi connectivity index (χ0) is 10.8. The van der Waals surface area contributed by atoms with Crippen molar-refractivity contribution in [2.24, 2.45) is 0 Å². The van der Waals surface area contributed by atoms with Crippen LogP contribution in [-0.4, -0.2) is 35.6 Å². The highest BCUT2D eigenvalue weighted by atomic mass is 16.5. The molecule has 0 bridgehead atoms. The molecular weight excluding hydrogens is 180 g/mol. The van der Waals surface area contributed by atoms with Gasteiger partial charge >= 0.3 is 0 Å². The summed E-state index contributed by atoms with van der Waals surface area (Å²) in [7, 11) is 0. The lowest BCUT2D eigenvalue weighted by atomic mass is 10.1. The van der Waals surface area contributed by atoms with Gasteiger partial charge in [-0.1, -0.05) is 33.1 Å². The average Bonchev–Trinajstić information content (AvgIpc) is 2.22. The molecule has 2 atom stereocenters. The van der Waals surface area contributed by atoms with E-state index in [1.165, 1.54) is 0 Å². The smallest absolute Gasteiger partial charge is 0.103 e. The standard InChI is InChI=1S/C11H24O3/c1-3-5-7-11(10(13)9-12)14-8-6-4-2/h10-13H,3-9H2,1-2H3. The zero-order valence-corrected chi connectivity index (χ0v) is 9.41. The van der Waals surface area contributed by atoms with Crippen molar-refractivity contribution in [3.05, 3.63) is 0 Å². The van der Waals surface area contributed by atoms with Crippen molar-refractivity contribution in [3.8, 4) is 0 Å². The van der Waals surface area contributed by atoms with Crippen LogP contribution in [-0.2, 0) is 4.74 Å². The van der Waals surface area contributed by atoms with Crippen molar-refractivity contribution < 1.29 is 14.9 Å². The van der Waals surface area contributed by atoms with Crippen LogP contribution in [0.2, 0.25) is 0 Å². The first-order valence-corrected chi connectivity index (χ1v) is 5.66. The number of rotatable bonds is 9. The van der Waals surface area contributed by atoms with Gasteiger partial charge in [0.05, 0.1) is 12.7 Å². The van der Waals surface area contributed by atoms with Gasteiger partial charge in [0, 0.05) is 6.61 Å². The molecule has 0 aliphatic carbocycles. The van der Waals surface area contributed by atoms with Crippen LogP contribution < -0.4 is 0 Å². The Hall–Kier alpha value is -0.120. The monoisotopic (exact) mass is 204 g/mol. The molecule has 14 heavy (non-hydrogen) atoms. The summed E-state index contributed by atoms with van der Waals surface area (Å²) in [5.41, 5.74) is 0.